The van der Waals surface area contributed by atoms with E-state index >= 15 is 0 Å². The number of nitrogens with two attached hydrogens (primary N) is 1. The number of aryl methyl sites for hydroxylation is 1. The largest absolute Gasteiger partial charge is 0.397 e. The maximum absolute atomic E-state index is 13.6. The Labute approximate surface area is 110 Å². The summed E-state index contributed by atoms with van der Waals surface area (Å²) in [5.41, 5.74) is 9.50. The number of aromatic nitrogens is 1. The first-order valence-corrected chi connectivity index (χ1v) is 6.07. The summed E-state index contributed by atoms with van der Waals surface area (Å²) in [6.07, 6.45) is 0. The first-order valence-electron chi connectivity index (χ1n) is 6.07. The molecular formula is C16H13FN2. The summed E-state index contributed by atoms with van der Waals surface area (Å²) >= 11 is 0. The van der Waals surface area contributed by atoms with Crippen LogP contribution in [0.4, 0.5) is 10.1 Å². The minimum atomic E-state index is -0.246. The fourth-order valence-corrected chi connectivity index (χ4v) is 2.15. The van der Waals surface area contributed by atoms with Gasteiger partial charge < -0.3 is 5.73 Å². The molecule has 1 heterocycles. The van der Waals surface area contributed by atoms with Crippen LogP contribution in [-0.4, -0.2) is 4.98 Å². The van der Waals surface area contributed by atoms with Gasteiger partial charge in [0.15, 0.2) is 0 Å². The van der Waals surface area contributed by atoms with Crippen LogP contribution in [0.1, 0.15) is 5.56 Å². The van der Waals surface area contributed by atoms with E-state index in [4.69, 9.17) is 5.73 Å². The van der Waals surface area contributed by atoms with Gasteiger partial charge >= 0.3 is 0 Å². The molecule has 0 aliphatic heterocycles. The van der Waals surface area contributed by atoms with E-state index in [-0.39, 0.29) is 5.82 Å². The summed E-state index contributed by atoms with van der Waals surface area (Å²) in [6.45, 7) is 1.73. The van der Waals surface area contributed by atoms with E-state index in [1.807, 2.05) is 36.4 Å². The van der Waals surface area contributed by atoms with Crippen LogP contribution >= 0.6 is 0 Å². The molecule has 19 heavy (non-hydrogen) atoms. The highest BCUT2D eigenvalue weighted by atomic mass is 19.1. The molecule has 3 aromatic rings. The van der Waals surface area contributed by atoms with Gasteiger partial charge in [-0.2, -0.15) is 0 Å². The Bertz CT molecular complexity index is 752. The number of anilines is 1. The summed E-state index contributed by atoms with van der Waals surface area (Å²) in [5.74, 6) is -0.246. The van der Waals surface area contributed by atoms with Gasteiger partial charge in [-0.25, -0.2) is 9.37 Å². The number of hydrogen-bond acceptors (Lipinski definition) is 2. The minimum absolute atomic E-state index is 0.246. The van der Waals surface area contributed by atoms with E-state index in [1.54, 1.807) is 13.0 Å². The lowest BCUT2D eigenvalue weighted by molar-refractivity contribution is 0.620. The van der Waals surface area contributed by atoms with Crippen LogP contribution in [0.3, 0.4) is 0 Å². The van der Waals surface area contributed by atoms with Gasteiger partial charge in [0.1, 0.15) is 5.82 Å². The number of nitrogens with zero attached hydrogens (tertiary/aromatic N) is 1. The quantitative estimate of drug-likeness (QED) is 0.712. The highest BCUT2D eigenvalue weighted by Crippen LogP contribution is 2.28. The zero-order valence-corrected chi connectivity index (χ0v) is 10.5. The fraction of sp³-hybridized carbons (Fsp3) is 0.0625. The first-order chi connectivity index (χ1) is 9.15. The third-order valence-corrected chi connectivity index (χ3v) is 3.17. The lowest BCUT2D eigenvalue weighted by Crippen LogP contribution is -1.95. The molecule has 0 fully saturated rings. The van der Waals surface area contributed by atoms with Crippen LogP contribution in [0.5, 0.6) is 0 Å². The van der Waals surface area contributed by atoms with Crippen LogP contribution in [0, 0.1) is 12.7 Å². The molecule has 3 rings (SSSR count). The molecule has 2 aromatic carbocycles. The molecule has 3 heteroatoms. The molecule has 0 saturated carbocycles. The summed E-state index contributed by atoms with van der Waals surface area (Å²) < 4.78 is 13.6. The molecule has 0 saturated heterocycles. The molecular weight excluding hydrogens is 239 g/mol. The van der Waals surface area contributed by atoms with Gasteiger partial charge in [-0.15, -0.1) is 0 Å². The maximum atomic E-state index is 13.6. The lowest BCUT2D eigenvalue weighted by Gasteiger charge is -2.08. The Morgan fingerprint density at radius 1 is 1.05 bits per heavy atom. The Balaban J connectivity index is 2.27. The summed E-state index contributed by atoms with van der Waals surface area (Å²) in [6, 6.07) is 14.7. The van der Waals surface area contributed by atoms with Crippen molar-refractivity contribution in [2.75, 3.05) is 5.73 Å². The van der Waals surface area contributed by atoms with Gasteiger partial charge in [-0.1, -0.05) is 30.3 Å². The third-order valence-electron chi connectivity index (χ3n) is 3.17. The molecule has 1 aromatic heterocycles. The number of rotatable bonds is 1. The predicted molar refractivity (Wildman–Crippen MR) is 76.3 cm³/mol. The van der Waals surface area contributed by atoms with E-state index in [0.29, 0.717) is 22.5 Å². The molecule has 94 valence electrons. The van der Waals surface area contributed by atoms with Gasteiger partial charge in [-0.3, -0.25) is 0 Å². The Morgan fingerprint density at radius 3 is 2.53 bits per heavy atom. The summed E-state index contributed by atoms with van der Waals surface area (Å²) in [4.78, 5) is 4.48. The topological polar surface area (TPSA) is 38.9 Å². The number of pyridine rings is 1. The zero-order valence-electron chi connectivity index (χ0n) is 10.5. The number of fused-ring (bicyclic) bond motifs is 1. The molecule has 0 aliphatic carbocycles. The van der Waals surface area contributed by atoms with Gasteiger partial charge in [0.25, 0.3) is 0 Å². The van der Waals surface area contributed by atoms with Crippen molar-refractivity contribution in [1.29, 1.82) is 0 Å². The maximum Gasteiger partial charge on any atom is 0.128 e. The standard InChI is InChI=1S/C16H13FN2/c1-10-7-12-8-14(18)16(11-5-3-2-4-6-11)19-15(12)9-13(10)17/h2-9H,18H2,1H3. The number of hydrogen-bond donors (Lipinski definition) is 1. The minimum Gasteiger partial charge on any atom is -0.397 e. The number of benzene rings is 2. The SMILES string of the molecule is Cc1cc2cc(N)c(-c3ccccc3)nc2cc1F. The highest BCUT2D eigenvalue weighted by Gasteiger charge is 2.08. The average Bonchev–Trinajstić information content (AvgIpc) is 2.41. The van der Waals surface area contributed by atoms with Crippen molar-refractivity contribution >= 4 is 16.6 Å². The fourth-order valence-electron chi connectivity index (χ4n) is 2.15. The second-order valence-corrected chi connectivity index (χ2v) is 4.59. The van der Waals surface area contributed by atoms with Gasteiger partial charge in [0.05, 0.1) is 16.9 Å². The average molecular weight is 252 g/mol. The van der Waals surface area contributed by atoms with Crippen molar-refractivity contribution in [2.45, 2.75) is 6.92 Å². The Kier molecular flexibility index (Phi) is 2.67. The molecule has 0 spiro atoms. The van der Waals surface area contributed by atoms with Crippen molar-refractivity contribution in [3.8, 4) is 11.3 Å². The zero-order chi connectivity index (χ0) is 13.4. The molecule has 2 N–H and O–H groups in total. The van der Waals surface area contributed by atoms with Crippen molar-refractivity contribution in [2.24, 2.45) is 0 Å². The van der Waals surface area contributed by atoms with Gasteiger partial charge in [0, 0.05) is 17.0 Å². The van der Waals surface area contributed by atoms with Crippen LogP contribution in [0.15, 0.2) is 48.5 Å². The van der Waals surface area contributed by atoms with Gasteiger partial charge in [0.2, 0.25) is 0 Å². The van der Waals surface area contributed by atoms with Crippen LogP contribution in [0.25, 0.3) is 22.2 Å². The highest BCUT2D eigenvalue weighted by molar-refractivity contribution is 5.88. The molecule has 2 nitrogen and oxygen atoms in total. The van der Waals surface area contributed by atoms with Crippen molar-refractivity contribution in [3.63, 3.8) is 0 Å². The molecule has 0 amide bonds. The molecule has 0 unspecified atom stereocenters. The second-order valence-electron chi connectivity index (χ2n) is 4.59. The van der Waals surface area contributed by atoms with E-state index in [9.17, 15) is 4.39 Å². The van der Waals surface area contributed by atoms with E-state index in [2.05, 4.69) is 4.98 Å². The van der Waals surface area contributed by atoms with E-state index in [0.717, 1.165) is 10.9 Å². The molecule has 0 radical (unpaired) electrons. The summed E-state index contributed by atoms with van der Waals surface area (Å²) in [5, 5.41) is 0.857. The lowest BCUT2D eigenvalue weighted by atomic mass is 10.1. The second kappa shape index (κ2) is 4.35. The summed E-state index contributed by atoms with van der Waals surface area (Å²) in [7, 11) is 0. The first kappa shape index (κ1) is 11.7. The molecule has 0 aliphatic rings. The van der Waals surface area contributed by atoms with Crippen molar-refractivity contribution in [1.82, 2.24) is 4.98 Å². The third kappa shape index (κ3) is 2.03. The van der Waals surface area contributed by atoms with Gasteiger partial charge in [-0.05, 0) is 24.6 Å². The Morgan fingerprint density at radius 2 is 1.79 bits per heavy atom. The predicted octanol–water partition coefficient (Wildman–Crippen LogP) is 3.93. The monoisotopic (exact) mass is 252 g/mol. The van der Waals surface area contributed by atoms with Crippen molar-refractivity contribution in [3.05, 3.63) is 59.9 Å². The van der Waals surface area contributed by atoms with Crippen LogP contribution in [0.2, 0.25) is 0 Å². The Hall–Kier alpha value is -2.42. The van der Waals surface area contributed by atoms with E-state index < -0.39 is 0 Å². The van der Waals surface area contributed by atoms with Crippen LogP contribution in [-0.2, 0) is 0 Å². The van der Waals surface area contributed by atoms with Crippen molar-refractivity contribution < 1.29 is 4.39 Å². The number of nitrogen functional groups attached to an aromatic ring is 1. The number of halogens is 1. The normalized spacial score (nSPS) is 10.8. The van der Waals surface area contributed by atoms with Crippen LogP contribution < -0.4 is 5.73 Å². The molecule has 0 atom stereocenters. The van der Waals surface area contributed by atoms with E-state index in [1.165, 1.54) is 6.07 Å². The molecule has 0 bridgehead atoms. The smallest absolute Gasteiger partial charge is 0.128 e.